The average Bonchev–Trinajstić information content (AvgIpc) is 2.85. The first kappa shape index (κ1) is 28.0. The van der Waals surface area contributed by atoms with Crippen molar-refractivity contribution in [1.29, 1.82) is 0 Å². The maximum atomic E-state index is 12.0. The van der Waals surface area contributed by atoms with Crippen LogP contribution in [0.2, 0.25) is 0 Å². The highest BCUT2D eigenvalue weighted by Crippen LogP contribution is 2.47. The normalized spacial score (nSPS) is 12.4. The van der Waals surface area contributed by atoms with Crippen molar-refractivity contribution in [1.82, 2.24) is 0 Å². The Balaban J connectivity index is 2.22. The standard InChI is InChI=1S/C33H38O4/c1-9-37-31(35)24-18-15-22(16-19-24)17-20-27(34)28-29(33(5,6)7)25(23-13-11-10-12-14-23)21-26(30(28)36-8)32(2,3)4/h10-16,18-19,21,27,34H,9H2,1-8H3. The summed E-state index contributed by atoms with van der Waals surface area (Å²) in [6, 6.07) is 19.3. The van der Waals surface area contributed by atoms with Crippen LogP contribution >= 0.6 is 0 Å². The number of carbonyl (C=O) groups is 1. The molecule has 4 heteroatoms. The van der Waals surface area contributed by atoms with E-state index >= 15 is 0 Å². The number of methoxy groups -OCH3 is 1. The molecule has 4 nitrogen and oxygen atoms in total. The van der Waals surface area contributed by atoms with E-state index in [-0.39, 0.29) is 16.8 Å². The number of ether oxygens (including phenoxy) is 2. The first-order valence-corrected chi connectivity index (χ1v) is 12.7. The minimum Gasteiger partial charge on any atom is -0.496 e. The molecule has 0 fully saturated rings. The summed E-state index contributed by atoms with van der Waals surface area (Å²) in [6.45, 7) is 14.9. The van der Waals surface area contributed by atoms with E-state index < -0.39 is 6.10 Å². The van der Waals surface area contributed by atoms with Crippen molar-refractivity contribution in [2.75, 3.05) is 13.7 Å². The molecule has 0 spiro atoms. The molecular weight excluding hydrogens is 460 g/mol. The summed E-state index contributed by atoms with van der Waals surface area (Å²) in [4.78, 5) is 12.0. The van der Waals surface area contributed by atoms with Gasteiger partial charge in [-0.05, 0) is 64.8 Å². The van der Waals surface area contributed by atoms with Crippen molar-refractivity contribution in [2.45, 2.75) is 65.4 Å². The SMILES string of the molecule is CCOC(=O)c1ccc(C#CC(O)c2c(OC)c(C(C)(C)C)cc(-c3ccccc3)c2C(C)(C)C)cc1. The fourth-order valence-corrected chi connectivity index (χ4v) is 4.50. The molecule has 3 rings (SSSR count). The zero-order chi connectivity index (χ0) is 27.4. The van der Waals surface area contributed by atoms with Gasteiger partial charge in [-0.1, -0.05) is 83.7 Å². The number of benzene rings is 3. The first-order valence-electron chi connectivity index (χ1n) is 12.7. The molecule has 1 N–H and O–H groups in total. The molecule has 0 aliphatic carbocycles. The molecule has 0 bridgehead atoms. The second-order valence-corrected chi connectivity index (χ2v) is 11.1. The van der Waals surface area contributed by atoms with Gasteiger partial charge in [-0.2, -0.15) is 0 Å². The lowest BCUT2D eigenvalue weighted by Gasteiger charge is -2.33. The Bertz CT molecular complexity index is 1300. The molecule has 194 valence electrons. The van der Waals surface area contributed by atoms with E-state index in [4.69, 9.17) is 9.47 Å². The summed E-state index contributed by atoms with van der Waals surface area (Å²) < 4.78 is 11.0. The fraction of sp³-hybridized carbons (Fsp3) is 0.364. The Labute approximate surface area is 221 Å². The smallest absolute Gasteiger partial charge is 0.338 e. The summed E-state index contributed by atoms with van der Waals surface area (Å²) in [5, 5.41) is 11.6. The molecule has 0 saturated carbocycles. The second-order valence-electron chi connectivity index (χ2n) is 11.1. The van der Waals surface area contributed by atoms with Crippen LogP contribution in [-0.4, -0.2) is 24.8 Å². The Kier molecular flexibility index (Phi) is 8.51. The molecular formula is C33H38O4. The van der Waals surface area contributed by atoms with Crippen LogP contribution in [0.25, 0.3) is 11.1 Å². The van der Waals surface area contributed by atoms with Gasteiger partial charge in [-0.25, -0.2) is 4.79 Å². The maximum Gasteiger partial charge on any atom is 0.338 e. The summed E-state index contributed by atoms with van der Waals surface area (Å²) in [5.41, 5.74) is 5.49. The average molecular weight is 499 g/mol. The van der Waals surface area contributed by atoms with Crippen LogP contribution in [0.4, 0.5) is 0 Å². The maximum absolute atomic E-state index is 12.0. The minimum absolute atomic E-state index is 0.226. The number of carbonyl (C=O) groups excluding carboxylic acids is 1. The van der Waals surface area contributed by atoms with Gasteiger partial charge in [-0.15, -0.1) is 0 Å². The fourth-order valence-electron chi connectivity index (χ4n) is 4.50. The zero-order valence-corrected chi connectivity index (χ0v) is 23.2. The predicted octanol–water partition coefficient (Wildman–Crippen LogP) is 7.22. The molecule has 0 aromatic heterocycles. The molecule has 1 atom stereocenters. The van der Waals surface area contributed by atoms with Gasteiger partial charge < -0.3 is 14.6 Å². The van der Waals surface area contributed by atoms with E-state index in [1.54, 1.807) is 38.3 Å². The zero-order valence-electron chi connectivity index (χ0n) is 23.2. The molecule has 37 heavy (non-hydrogen) atoms. The van der Waals surface area contributed by atoms with Crippen LogP contribution in [-0.2, 0) is 15.6 Å². The number of esters is 1. The third-order valence-electron chi connectivity index (χ3n) is 6.19. The molecule has 0 aliphatic heterocycles. The van der Waals surface area contributed by atoms with E-state index in [9.17, 15) is 9.90 Å². The van der Waals surface area contributed by atoms with Crippen LogP contribution < -0.4 is 4.74 Å². The molecule has 0 saturated heterocycles. The van der Waals surface area contributed by atoms with Crippen LogP contribution in [0, 0.1) is 11.8 Å². The summed E-state index contributed by atoms with van der Waals surface area (Å²) in [6.07, 6.45) is -1.08. The number of aliphatic hydroxyl groups excluding tert-OH is 1. The Morgan fingerprint density at radius 3 is 2.08 bits per heavy atom. The second kappa shape index (κ2) is 11.2. The Morgan fingerprint density at radius 2 is 1.57 bits per heavy atom. The van der Waals surface area contributed by atoms with Crippen molar-refractivity contribution in [3.8, 4) is 28.7 Å². The van der Waals surface area contributed by atoms with Crippen LogP contribution in [0.5, 0.6) is 5.75 Å². The quantitative estimate of drug-likeness (QED) is 0.298. The molecule has 0 heterocycles. The highest BCUT2D eigenvalue weighted by Gasteiger charge is 2.33. The van der Waals surface area contributed by atoms with Crippen molar-refractivity contribution in [3.05, 3.63) is 88.5 Å². The van der Waals surface area contributed by atoms with Gasteiger partial charge in [0.05, 0.1) is 19.3 Å². The molecule has 0 radical (unpaired) electrons. The van der Waals surface area contributed by atoms with Crippen molar-refractivity contribution >= 4 is 5.97 Å². The van der Waals surface area contributed by atoms with E-state index in [2.05, 4.69) is 71.6 Å². The number of hydrogen-bond donors (Lipinski definition) is 1. The molecule has 3 aromatic rings. The number of rotatable bonds is 5. The monoisotopic (exact) mass is 498 g/mol. The van der Waals surface area contributed by atoms with Crippen molar-refractivity contribution in [3.63, 3.8) is 0 Å². The lowest BCUT2D eigenvalue weighted by atomic mass is 9.73. The lowest BCUT2D eigenvalue weighted by Crippen LogP contribution is -2.22. The number of aliphatic hydroxyl groups is 1. The van der Waals surface area contributed by atoms with Gasteiger partial charge in [0.25, 0.3) is 0 Å². The van der Waals surface area contributed by atoms with Gasteiger partial charge in [0, 0.05) is 16.7 Å². The topological polar surface area (TPSA) is 55.8 Å². The van der Waals surface area contributed by atoms with E-state index in [1.807, 2.05) is 18.2 Å². The third kappa shape index (κ3) is 6.42. The summed E-state index contributed by atoms with van der Waals surface area (Å²) in [5.74, 6) is 6.42. The first-order chi connectivity index (χ1) is 17.4. The predicted molar refractivity (Wildman–Crippen MR) is 150 cm³/mol. The molecule has 0 aliphatic rings. The minimum atomic E-state index is -1.08. The third-order valence-corrected chi connectivity index (χ3v) is 6.19. The van der Waals surface area contributed by atoms with Crippen LogP contribution in [0.15, 0.2) is 60.7 Å². The van der Waals surface area contributed by atoms with E-state index in [1.165, 1.54) is 0 Å². The largest absolute Gasteiger partial charge is 0.496 e. The molecule has 3 aromatic carbocycles. The van der Waals surface area contributed by atoms with Crippen molar-refractivity contribution in [2.24, 2.45) is 0 Å². The van der Waals surface area contributed by atoms with Crippen LogP contribution in [0.1, 0.15) is 87.2 Å². The molecule has 1 unspecified atom stereocenters. The summed E-state index contributed by atoms with van der Waals surface area (Å²) >= 11 is 0. The van der Waals surface area contributed by atoms with Gasteiger partial charge in [0.2, 0.25) is 0 Å². The van der Waals surface area contributed by atoms with Gasteiger partial charge >= 0.3 is 5.97 Å². The van der Waals surface area contributed by atoms with E-state index in [0.29, 0.717) is 29.0 Å². The Hall–Kier alpha value is -3.55. The van der Waals surface area contributed by atoms with Gasteiger partial charge in [0.1, 0.15) is 11.9 Å². The van der Waals surface area contributed by atoms with Crippen molar-refractivity contribution < 1.29 is 19.4 Å². The summed E-state index contributed by atoms with van der Waals surface area (Å²) in [7, 11) is 1.65. The lowest BCUT2D eigenvalue weighted by molar-refractivity contribution is 0.0526. The van der Waals surface area contributed by atoms with E-state index in [0.717, 1.165) is 22.3 Å². The van der Waals surface area contributed by atoms with Gasteiger partial charge in [0.15, 0.2) is 0 Å². The highest BCUT2D eigenvalue weighted by molar-refractivity contribution is 5.89. The van der Waals surface area contributed by atoms with Gasteiger partial charge in [-0.3, -0.25) is 0 Å². The Morgan fingerprint density at radius 1 is 0.946 bits per heavy atom. The number of hydrogen-bond acceptors (Lipinski definition) is 4. The molecule has 0 amide bonds. The highest BCUT2D eigenvalue weighted by atomic mass is 16.5. The van der Waals surface area contributed by atoms with Crippen LogP contribution in [0.3, 0.4) is 0 Å².